The fraction of sp³-hybridized carbons (Fsp3) is 0.474. The van der Waals surface area contributed by atoms with Gasteiger partial charge in [-0.2, -0.15) is 5.10 Å². The molecular weight excluding hydrogens is 316 g/mol. The van der Waals surface area contributed by atoms with Crippen molar-refractivity contribution in [3.63, 3.8) is 0 Å². The fourth-order valence-electron chi connectivity index (χ4n) is 2.89. The van der Waals surface area contributed by atoms with Gasteiger partial charge in [-0.25, -0.2) is 9.48 Å². The predicted octanol–water partition coefficient (Wildman–Crippen LogP) is 3.85. The van der Waals surface area contributed by atoms with E-state index in [1.165, 1.54) is 0 Å². The van der Waals surface area contributed by atoms with E-state index in [1.807, 2.05) is 28.6 Å². The maximum absolute atomic E-state index is 12.9. The van der Waals surface area contributed by atoms with Gasteiger partial charge in [-0.15, -0.1) is 0 Å². The number of aryl methyl sites for hydroxylation is 1. The number of hydrogen-bond donors (Lipinski definition) is 2. The van der Waals surface area contributed by atoms with Gasteiger partial charge in [0.2, 0.25) is 0 Å². The number of aromatic hydroxyl groups is 1. The van der Waals surface area contributed by atoms with Gasteiger partial charge < -0.3 is 10.0 Å². The molecule has 6 heteroatoms. The van der Waals surface area contributed by atoms with Crippen LogP contribution in [0, 0.1) is 6.92 Å². The Morgan fingerprint density at radius 1 is 1.36 bits per heavy atom. The van der Waals surface area contributed by atoms with Crippen molar-refractivity contribution >= 4 is 11.8 Å². The SMILES string of the molecule is Cc1cc(NC(=O)N(Cc2cccc(O)c2)C2CC2)n(C(C)(C)C)n1. The van der Waals surface area contributed by atoms with Crippen molar-refractivity contribution in [2.75, 3.05) is 5.32 Å². The van der Waals surface area contributed by atoms with E-state index in [-0.39, 0.29) is 23.4 Å². The molecular formula is C19H26N4O2. The molecule has 1 saturated carbocycles. The smallest absolute Gasteiger partial charge is 0.323 e. The number of hydrogen-bond acceptors (Lipinski definition) is 3. The largest absolute Gasteiger partial charge is 0.508 e. The number of anilines is 1. The molecule has 1 aromatic carbocycles. The molecule has 0 saturated heterocycles. The number of nitrogens with one attached hydrogen (secondary N) is 1. The van der Waals surface area contributed by atoms with Crippen molar-refractivity contribution in [3.05, 3.63) is 41.6 Å². The Morgan fingerprint density at radius 3 is 2.68 bits per heavy atom. The molecule has 2 N–H and O–H groups in total. The molecule has 3 rings (SSSR count). The molecule has 2 amide bonds. The summed E-state index contributed by atoms with van der Waals surface area (Å²) in [6, 6.07) is 9.08. The highest BCUT2D eigenvalue weighted by Crippen LogP contribution is 2.30. The van der Waals surface area contributed by atoms with Gasteiger partial charge in [-0.3, -0.25) is 5.32 Å². The molecule has 1 fully saturated rings. The number of carbonyl (C=O) groups excluding carboxylic acids is 1. The Bertz CT molecular complexity index is 772. The first-order valence-electron chi connectivity index (χ1n) is 8.67. The zero-order chi connectivity index (χ0) is 18.2. The molecule has 25 heavy (non-hydrogen) atoms. The van der Waals surface area contributed by atoms with Crippen LogP contribution in [0.2, 0.25) is 0 Å². The van der Waals surface area contributed by atoms with Gasteiger partial charge in [0.05, 0.1) is 11.2 Å². The minimum absolute atomic E-state index is 0.128. The summed E-state index contributed by atoms with van der Waals surface area (Å²) in [5.74, 6) is 0.923. The predicted molar refractivity (Wildman–Crippen MR) is 97.7 cm³/mol. The normalized spacial score (nSPS) is 14.4. The van der Waals surface area contributed by atoms with Crippen molar-refractivity contribution < 1.29 is 9.90 Å². The molecule has 1 aliphatic rings. The van der Waals surface area contributed by atoms with Gasteiger partial charge in [0.15, 0.2) is 0 Å². The molecule has 0 aliphatic heterocycles. The van der Waals surface area contributed by atoms with Gasteiger partial charge >= 0.3 is 6.03 Å². The number of benzene rings is 1. The minimum atomic E-state index is -0.216. The topological polar surface area (TPSA) is 70.4 Å². The second-order valence-electron chi connectivity index (χ2n) is 7.71. The van der Waals surface area contributed by atoms with Crippen LogP contribution in [0.25, 0.3) is 0 Å². The number of amides is 2. The maximum Gasteiger partial charge on any atom is 0.323 e. The first kappa shape index (κ1) is 17.3. The molecule has 1 heterocycles. The number of nitrogens with zero attached hydrogens (tertiary/aromatic N) is 3. The number of aromatic nitrogens is 2. The third-order valence-corrected chi connectivity index (χ3v) is 4.21. The van der Waals surface area contributed by atoms with Crippen molar-refractivity contribution in [1.29, 1.82) is 0 Å². The highest BCUT2D eigenvalue weighted by molar-refractivity contribution is 5.89. The monoisotopic (exact) mass is 342 g/mol. The van der Waals surface area contributed by atoms with Crippen LogP contribution in [0.5, 0.6) is 5.75 Å². The van der Waals surface area contributed by atoms with E-state index in [1.54, 1.807) is 18.2 Å². The molecule has 6 nitrogen and oxygen atoms in total. The number of carbonyl (C=O) groups is 1. The summed E-state index contributed by atoms with van der Waals surface area (Å²) >= 11 is 0. The summed E-state index contributed by atoms with van der Waals surface area (Å²) in [6.45, 7) is 8.57. The second kappa shape index (κ2) is 6.43. The zero-order valence-corrected chi connectivity index (χ0v) is 15.3. The fourth-order valence-corrected chi connectivity index (χ4v) is 2.89. The van der Waals surface area contributed by atoms with Crippen LogP contribution in [0.1, 0.15) is 44.9 Å². The lowest BCUT2D eigenvalue weighted by molar-refractivity contribution is 0.205. The Balaban J connectivity index is 1.78. The molecule has 0 bridgehead atoms. The minimum Gasteiger partial charge on any atom is -0.508 e. The van der Waals surface area contributed by atoms with E-state index >= 15 is 0 Å². The van der Waals surface area contributed by atoms with Crippen molar-refractivity contribution in [1.82, 2.24) is 14.7 Å². The third-order valence-electron chi connectivity index (χ3n) is 4.21. The van der Waals surface area contributed by atoms with Crippen molar-refractivity contribution in [3.8, 4) is 5.75 Å². The van der Waals surface area contributed by atoms with Crippen LogP contribution in [-0.4, -0.2) is 31.9 Å². The van der Waals surface area contributed by atoms with Crippen LogP contribution >= 0.6 is 0 Å². The standard InChI is InChI=1S/C19H26N4O2/c1-13-10-17(23(21-13)19(2,3)4)20-18(25)22(15-8-9-15)12-14-6-5-7-16(24)11-14/h5-7,10-11,15,24H,8-9,12H2,1-4H3,(H,20,25). The van der Waals surface area contributed by atoms with E-state index in [0.29, 0.717) is 12.4 Å². The van der Waals surface area contributed by atoms with Gasteiger partial charge in [-0.05, 0) is 58.2 Å². The van der Waals surface area contributed by atoms with Gasteiger partial charge in [-0.1, -0.05) is 12.1 Å². The molecule has 0 radical (unpaired) electrons. The lowest BCUT2D eigenvalue weighted by atomic mass is 10.1. The number of urea groups is 1. The summed E-state index contributed by atoms with van der Waals surface area (Å²) in [7, 11) is 0. The zero-order valence-electron chi connectivity index (χ0n) is 15.3. The second-order valence-corrected chi connectivity index (χ2v) is 7.71. The molecule has 0 spiro atoms. The van der Waals surface area contributed by atoms with Crippen LogP contribution in [0.3, 0.4) is 0 Å². The molecule has 0 unspecified atom stereocenters. The number of phenols is 1. The van der Waals surface area contributed by atoms with Crippen LogP contribution in [0.15, 0.2) is 30.3 Å². The van der Waals surface area contributed by atoms with E-state index in [9.17, 15) is 9.90 Å². The van der Waals surface area contributed by atoms with Crippen LogP contribution in [0.4, 0.5) is 10.6 Å². The third kappa shape index (κ3) is 4.13. The van der Waals surface area contributed by atoms with E-state index < -0.39 is 0 Å². The summed E-state index contributed by atoms with van der Waals surface area (Å²) in [5.41, 5.74) is 1.57. The van der Waals surface area contributed by atoms with Crippen molar-refractivity contribution in [2.45, 2.75) is 58.7 Å². The quantitative estimate of drug-likeness (QED) is 0.886. The van der Waals surface area contributed by atoms with E-state index in [0.717, 1.165) is 24.1 Å². The molecule has 1 aliphatic carbocycles. The average molecular weight is 342 g/mol. The molecule has 0 atom stereocenters. The first-order chi connectivity index (χ1) is 11.7. The Kier molecular flexibility index (Phi) is 4.45. The average Bonchev–Trinajstić information content (AvgIpc) is 3.27. The Morgan fingerprint density at radius 2 is 2.08 bits per heavy atom. The molecule has 1 aromatic heterocycles. The van der Waals surface area contributed by atoms with E-state index in [2.05, 4.69) is 31.2 Å². The summed E-state index contributed by atoms with van der Waals surface area (Å²) in [6.07, 6.45) is 2.04. The summed E-state index contributed by atoms with van der Waals surface area (Å²) in [5, 5.41) is 17.2. The first-order valence-corrected chi connectivity index (χ1v) is 8.67. The number of phenolic OH excluding ortho intramolecular Hbond substituents is 1. The number of rotatable bonds is 4. The maximum atomic E-state index is 12.9. The van der Waals surface area contributed by atoms with Gasteiger partial charge in [0.25, 0.3) is 0 Å². The summed E-state index contributed by atoms with van der Waals surface area (Å²) < 4.78 is 1.85. The van der Waals surface area contributed by atoms with Gasteiger partial charge in [0, 0.05) is 18.7 Å². The summed E-state index contributed by atoms with van der Waals surface area (Å²) in [4.78, 5) is 14.7. The molecule has 134 valence electrons. The Hall–Kier alpha value is -2.50. The Labute approximate surface area is 148 Å². The van der Waals surface area contributed by atoms with Gasteiger partial charge in [0.1, 0.15) is 11.6 Å². The van der Waals surface area contributed by atoms with Crippen LogP contribution in [-0.2, 0) is 12.1 Å². The highest BCUT2D eigenvalue weighted by atomic mass is 16.3. The van der Waals surface area contributed by atoms with E-state index in [4.69, 9.17) is 0 Å². The van der Waals surface area contributed by atoms with Crippen LogP contribution < -0.4 is 5.32 Å². The van der Waals surface area contributed by atoms with Crippen molar-refractivity contribution in [2.24, 2.45) is 0 Å². The highest BCUT2D eigenvalue weighted by Gasteiger charge is 2.33. The molecule has 2 aromatic rings. The lowest BCUT2D eigenvalue weighted by Gasteiger charge is -2.26. The lowest BCUT2D eigenvalue weighted by Crippen LogP contribution is -2.37.